The second kappa shape index (κ2) is 7.13. The molecule has 3 aromatic heterocycles. The van der Waals surface area contributed by atoms with Crippen molar-refractivity contribution in [3.8, 4) is 11.3 Å². The van der Waals surface area contributed by atoms with Gasteiger partial charge in [-0.25, -0.2) is 9.97 Å². The van der Waals surface area contributed by atoms with Gasteiger partial charge in [-0.15, -0.1) is 11.3 Å². The van der Waals surface area contributed by atoms with Crippen LogP contribution in [-0.4, -0.2) is 39.9 Å². The predicted octanol–water partition coefficient (Wildman–Crippen LogP) is 4.12. The fourth-order valence-corrected chi connectivity index (χ4v) is 3.50. The zero-order valence-corrected chi connectivity index (χ0v) is 15.1. The van der Waals surface area contributed by atoms with E-state index in [1.165, 1.54) is 36.2 Å². The molecule has 126 valence electrons. The standard InChI is InChI=1S/C18H22N4OS/c1-4-5-6-7-12-8-13-14(10-20-16(13)19-9-12)15-11-24-17(21-15)18(23)22(2)3/h8-11H,4-7H2,1-3H3,(H,19,20). The van der Waals surface area contributed by atoms with Crippen molar-refractivity contribution in [3.63, 3.8) is 0 Å². The third kappa shape index (κ3) is 3.33. The van der Waals surface area contributed by atoms with Gasteiger partial charge in [-0.05, 0) is 24.5 Å². The lowest BCUT2D eigenvalue weighted by Crippen LogP contribution is -2.21. The number of amides is 1. The molecule has 1 amide bonds. The molecule has 0 aromatic carbocycles. The first-order valence-electron chi connectivity index (χ1n) is 8.23. The summed E-state index contributed by atoms with van der Waals surface area (Å²) in [6.45, 7) is 2.21. The van der Waals surface area contributed by atoms with Crippen molar-refractivity contribution in [2.75, 3.05) is 14.1 Å². The van der Waals surface area contributed by atoms with Crippen molar-refractivity contribution in [1.82, 2.24) is 19.9 Å². The number of thiazole rings is 1. The Labute approximate surface area is 145 Å². The number of fused-ring (bicyclic) bond motifs is 1. The van der Waals surface area contributed by atoms with Gasteiger partial charge in [0.05, 0.1) is 5.69 Å². The third-order valence-electron chi connectivity index (χ3n) is 4.03. The van der Waals surface area contributed by atoms with E-state index in [1.807, 2.05) is 17.8 Å². The molecule has 0 radical (unpaired) electrons. The monoisotopic (exact) mass is 342 g/mol. The van der Waals surface area contributed by atoms with E-state index >= 15 is 0 Å². The largest absolute Gasteiger partial charge is 0.345 e. The molecule has 5 nitrogen and oxygen atoms in total. The van der Waals surface area contributed by atoms with Crippen LogP contribution in [0.2, 0.25) is 0 Å². The number of hydrogen-bond donors (Lipinski definition) is 1. The Bertz CT molecular complexity index is 850. The normalized spacial score (nSPS) is 11.1. The van der Waals surface area contributed by atoms with Gasteiger partial charge in [0.25, 0.3) is 5.91 Å². The highest BCUT2D eigenvalue weighted by Crippen LogP contribution is 2.29. The van der Waals surface area contributed by atoms with Crippen LogP contribution in [0.5, 0.6) is 0 Å². The molecule has 0 unspecified atom stereocenters. The minimum absolute atomic E-state index is 0.0653. The summed E-state index contributed by atoms with van der Waals surface area (Å²) in [7, 11) is 3.48. The van der Waals surface area contributed by atoms with E-state index in [-0.39, 0.29) is 5.91 Å². The van der Waals surface area contributed by atoms with Gasteiger partial charge in [0.15, 0.2) is 5.01 Å². The highest BCUT2D eigenvalue weighted by atomic mass is 32.1. The number of aromatic nitrogens is 3. The molecule has 24 heavy (non-hydrogen) atoms. The second-order valence-electron chi connectivity index (χ2n) is 6.14. The number of rotatable bonds is 6. The maximum absolute atomic E-state index is 12.0. The third-order valence-corrected chi connectivity index (χ3v) is 4.86. The van der Waals surface area contributed by atoms with Gasteiger partial charge in [0, 0.05) is 42.8 Å². The van der Waals surface area contributed by atoms with E-state index in [2.05, 4.69) is 27.9 Å². The zero-order chi connectivity index (χ0) is 17.1. The van der Waals surface area contributed by atoms with E-state index in [0.29, 0.717) is 5.01 Å². The van der Waals surface area contributed by atoms with Gasteiger partial charge in [-0.3, -0.25) is 4.79 Å². The predicted molar refractivity (Wildman–Crippen MR) is 98.4 cm³/mol. The summed E-state index contributed by atoms with van der Waals surface area (Å²) in [6, 6.07) is 2.19. The molecule has 1 N–H and O–H groups in total. The Morgan fingerprint density at radius 3 is 2.92 bits per heavy atom. The first-order chi connectivity index (χ1) is 11.6. The van der Waals surface area contributed by atoms with Crippen LogP contribution < -0.4 is 0 Å². The molecule has 0 aliphatic carbocycles. The van der Waals surface area contributed by atoms with E-state index in [4.69, 9.17) is 0 Å². The summed E-state index contributed by atoms with van der Waals surface area (Å²) >= 11 is 1.38. The average molecular weight is 342 g/mol. The Hall–Kier alpha value is -2.21. The average Bonchev–Trinajstić information content (AvgIpc) is 3.20. The minimum Gasteiger partial charge on any atom is -0.345 e. The molecule has 0 fully saturated rings. The van der Waals surface area contributed by atoms with Gasteiger partial charge < -0.3 is 9.88 Å². The Balaban J connectivity index is 1.92. The molecule has 3 rings (SSSR count). The Morgan fingerprint density at radius 2 is 2.17 bits per heavy atom. The van der Waals surface area contributed by atoms with Crippen molar-refractivity contribution in [3.05, 3.63) is 34.4 Å². The van der Waals surface area contributed by atoms with Gasteiger partial charge in [-0.2, -0.15) is 0 Å². The van der Waals surface area contributed by atoms with E-state index in [9.17, 15) is 4.79 Å². The molecule has 0 aliphatic rings. The highest BCUT2D eigenvalue weighted by molar-refractivity contribution is 7.12. The van der Waals surface area contributed by atoms with Crippen LogP contribution in [0, 0.1) is 0 Å². The lowest BCUT2D eigenvalue weighted by molar-refractivity contribution is 0.0827. The number of hydrogen-bond acceptors (Lipinski definition) is 4. The van der Waals surface area contributed by atoms with Crippen LogP contribution in [0.3, 0.4) is 0 Å². The molecule has 0 saturated carbocycles. The molecule has 3 aromatic rings. The van der Waals surface area contributed by atoms with Gasteiger partial charge in [0.1, 0.15) is 5.65 Å². The molecule has 3 heterocycles. The van der Waals surface area contributed by atoms with Crippen molar-refractivity contribution in [2.24, 2.45) is 0 Å². The van der Waals surface area contributed by atoms with Gasteiger partial charge in [-0.1, -0.05) is 19.8 Å². The molecule has 0 bridgehead atoms. The number of H-pyrrole nitrogens is 1. The fourth-order valence-electron chi connectivity index (χ4n) is 2.66. The molecule has 0 saturated heterocycles. The fraction of sp³-hybridized carbons (Fsp3) is 0.389. The summed E-state index contributed by atoms with van der Waals surface area (Å²) < 4.78 is 0. The Morgan fingerprint density at radius 1 is 1.33 bits per heavy atom. The van der Waals surface area contributed by atoms with Crippen LogP contribution in [0.25, 0.3) is 22.3 Å². The first-order valence-corrected chi connectivity index (χ1v) is 9.11. The zero-order valence-electron chi connectivity index (χ0n) is 14.3. The molecule has 6 heteroatoms. The Kier molecular flexibility index (Phi) is 4.94. The van der Waals surface area contributed by atoms with E-state index < -0.39 is 0 Å². The maximum atomic E-state index is 12.0. The molecular formula is C18H22N4OS. The number of aryl methyl sites for hydroxylation is 1. The van der Waals surface area contributed by atoms with Gasteiger partial charge in [0.2, 0.25) is 0 Å². The number of pyridine rings is 1. The molecule has 0 aliphatic heterocycles. The topological polar surface area (TPSA) is 61.9 Å². The van der Waals surface area contributed by atoms with Crippen LogP contribution in [0.4, 0.5) is 0 Å². The summed E-state index contributed by atoms with van der Waals surface area (Å²) in [5.41, 5.74) is 3.93. The van der Waals surface area contributed by atoms with Crippen LogP contribution in [0.15, 0.2) is 23.8 Å². The van der Waals surface area contributed by atoms with Gasteiger partial charge >= 0.3 is 0 Å². The van der Waals surface area contributed by atoms with Crippen LogP contribution in [-0.2, 0) is 6.42 Å². The van der Waals surface area contributed by atoms with E-state index in [1.54, 1.807) is 19.0 Å². The summed E-state index contributed by atoms with van der Waals surface area (Å²) in [5.74, 6) is -0.0653. The maximum Gasteiger partial charge on any atom is 0.282 e. The summed E-state index contributed by atoms with van der Waals surface area (Å²) in [6.07, 6.45) is 8.55. The second-order valence-corrected chi connectivity index (χ2v) is 6.99. The molecule has 0 atom stereocenters. The summed E-state index contributed by atoms with van der Waals surface area (Å²) in [4.78, 5) is 25.8. The highest BCUT2D eigenvalue weighted by Gasteiger charge is 2.16. The number of aromatic amines is 1. The smallest absolute Gasteiger partial charge is 0.282 e. The van der Waals surface area contributed by atoms with Crippen molar-refractivity contribution < 1.29 is 4.79 Å². The SMILES string of the molecule is CCCCCc1cnc2[nH]cc(-c3csc(C(=O)N(C)C)n3)c2c1. The first kappa shape index (κ1) is 16.6. The number of nitrogens with zero attached hydrogens (tertiary/aromatic N) is 3. The van der Waals surface area contributed by atoms with Crippen LogP contribution >= 0.6 is 11.3 Å². The minimum atomic E-state index is -0.0653. The number of carbonyl (C=O) groups excluding carboxylic acids is 1. The summed E-state index contributed by atoms with van der Waals surface area (Å²) in [5, 5.41) is 3.51. The number of nitrogens with one attached hydrogen (secondary N) is 1. The van der Waals surface area contributed by atoms with Crippen molar-refractivity contribution in [2.45, 2.75) is 32.6 Å². The number of unbranched alkanes of at least 4 members (excludes halogenated alkanes) is 2. The lowest BCUT2D eigenvalue weighted by atomic mass is 10.1. The number of carbonyl (C=O) groups is 1. The quantitative estimate of drug-likeness (QED) is 0.685. The molecular weight excluding hydrogens is 320 g/mol. The lowest BCUT2D eigenvalue weighted by Gasteiger charge is -2.06. The molecule has 0 spiro atoms. The van der Waals surface area contributed by atoms with Crippen molar-refractivity contribution >= 4 is 28.3 Å². The van der Waals surface area contributed by atoms with E-state index in [0.717, 1.165) is 28.7 Å². The van der Waals surface area contributed by atoms with Crippen LogP contribution in [0.1, 0.15) is 41.6 Å². The van der Waals surface area contributed by atoms with Crippen molar-refractivity contribution in [1.29, 1.82) is 0 Å².